The van der Waals surface area contributed by atoms with E-state index in [0.717, 1.165) is 12.8 Å². The summed E-state index contributed by atoms with van der Waals surface area (Å²) in [6, 6.07) is 0. The lowest BCUT2D eigenvalue weighted by Crippen LogP contribution is -2.33. The van der Waals surface area contributed by atoms with Gasteiger partial charge in [-0.25, -0.2) is 0 Å². The van der Waals surface area contributed by atoms with Gasteiger partial charge in [-0.2, -0.15) is 4.99 Å². The Labute approximate surface area is 84.0 Å². The van der Waals surface area contributed by atoms with Crippen molar-refractivity contribution in [3.63, 3.8) is 0 Å². The van der Waals surface area contributed by atoms with E-state index in [-0.39, 0.29) is 0 Å². The highest BCUT2D eigenvalue weighted by atomic mass is 16.2. The van der Waals surface area contributed by atoms with Crippen molar-refractivity contribution in [1.29, 1.82) is 0 Å². The van der Waals surface area contributed by atoms with Crippen LogP contribution in [-0.2, 0) is 9.59 Å². The molecule has 1 rings (SSSR count). The second kappa shape index (κ2) is 4.88. The summed E-state index contributed by atoms with van der Waals surface area (Å²) in [5.41, 5.74) is 0. The molecule has 0 unspecified atom stereocenters. The second-order valence-electron chi connectivity index (χ2n) is 3.48. The molecule has 14 heavy (non-hydrogen) atoms. The zero-order valence-electron chi connectivity index (χ0n) is 8.75. The van der Waals surface area contributed by atoms with E-state index in [9.17, 15) is 9.59 Å². The molecule has 0 N–H and O–H groups in total. The van der Waals surface area contributed by atoms with Gasteiger partial charge < -0.3 is 0 Å². The molecule has 0 aromatic carbocycles. The van der Waals surface area contributed by atoms with Crippen LogP contribution in [0.3, 0.4) is 0 Å². The number of carbonyl (C=O) groups is 2. The first-order chi connectivity index (χ1) is 6.66. The van der Waals surface area contributed by atoms with Gasteiger partial charge in [-0.05, 0) is 13.3 Å². The topological polar surface area (TPSA) is 49.7 Å². The zero-order valence-corrected chi connectivity index (χ0v) is 8.75. The second-order valence-corrected chi connectivity index (χ2v) is 3.48. The van der Waals surface area contributed by atoms with Crippen molar-refractivity contribution in [2.24, 2.45) is 4.99 Å². The van der Waals surface area contributed by atoms with Crippen molar-refractivity contribution in [3.05, 3.63) is 0 Å². The summed E-state index contributed by atoms with van der Waals surface area (Å²) in [6.45, 7) is 4.46. The number of hydrogen-bond donors (Lipinski definition) is 0. The van der Waals surface area contributed by atoms with Crippen molar-refractivity contribution in [2.75, 3.05) is 6.54 Å². The van der Waals surface area contributed by atoms with E-state index < -0.39 is 11.8 Å². The Morgan fingerprint density at radius 2 is 1.93 bits per heavy atom. The first kappa shape index (κ1) is 10.9. The Kier molecular flexibility index (Phi) is 3.80. The molecule has 0 bridgehead atoms. The molecule has 78 valence electrons. The lowest BCUT2D eigenvalue weighted by molar-refractivity contribution is -0.139. The molecular formula is C10H16N2O2. The van der Waals surface area contributed by atoms with E-state index in [0.29, 0.717) is 12.4 Å². The van der Waals surface area contributed by atoms with E-state index >= 15 is 0 Å². The van der Waals surface area contributed by atoms with Crippen LogP contribution in [0.5, 0.6) is 0 Å². The largest absolute Gasteiger partial charge is 0.337 e. The minimum Gasteiger partial charge on any atom is -0.292 e. The molecule has 0 spiro atoms. The molecule has 0 aromatic rings. The van der Waals surface area contributed by atoms with Crippen LogP contribution in [0, 0.1) is 0 Å². The van der Waals surface area contributed by atoms with Gasteiger partial charge in [0.1, 0.15) is 5.84 Å². The van der Waals surface area contributed by atoms with E-state index in [1.165, 1.54) is 17.7 Å². The van der Waals surface area contributed by atoms with Gasteiger partial charge >= 0.3 is 11.8 Å². The molecule has 4 nitrogen and oxygen atoms in total. The van der Waals surface area contributed by atoms with Crippen LogP contribution in [0.25, 0.3) is 0 Å². The third-order valence-electron chi connectivity index (χ3n) is 2.32. The van der Waals surface area contributed by atoms with Crippen molar-refractivity contribution >= 4 is 17.6 Å². The molecule has 4 heteroatoms. The van der Waals surface area contributed by atoms with E-state index in [1.807, 2.05) is 0 Å². The summed E-state index contributed by atoms with van der Waals surface area (Å²) in [5, 5.41) is 0. The van der Waals surface area contributed by atoms with Crippen molar-refractivity contribution < 1.29 is 9.59 Å². The highest BCUT2D eigenvalue weighted by Gasteiger charge is 2.29. The Hall–Kier alpha value is -1.19. The number of rotatable bonds is 5. The Bertz CT molecular complexity index is 271. The van der Waals surface area contributed by atoms with Crippen molar-refractivity contribution in [2.45, 2.75) is 39.5 Å². The number of aliphatic imine (C=N–C) groups is 1. The van der Waals surface area contributed by atoms with E-state index in [4.69, 9.17) is 0 Å². The van der Waals surface area contributed by atoms with Crippen LogP contribution >= 0.6 is 0 Å². The first-order valence-corrected chi connectivity index (χ1v) is 5.08. The fraction of sp³-hybridized carbons (Fsp3) is 0.700. The average Bonchev–Trinajstić information content (AvgIpc) is 2.38. The number of nitrogens with zero attached hydrogens (tertiary/aromatic N) is 2. The van der Waals surface area contributed by atoms with Crippen LogP contribution in [0.4, 0.5) is 0 Å². The maximum Gasteiger partial charge on any atom is 0.337 e. The molecule has 0 saturated heterocycles. The monoisotopic (exact) mass is 196 g/mol. The summed E-state index contributed by atoms with van der Waals surface area (Å²) < 4.78 is 0. The van der Waals surface area contributed by atoms with Gasteiger partial charge in [0, 0.05) is 6.54 Å². The minimum absolute atomic E-state index is 0.473. The molecule has 0 radical (unpaired) electrons. The van der Waals surface area contributed by atoms with Crippen LogP contribution in [0.1, 0.15) is 39.5 Å². The fourth-order valence-corrected chi connectivity index (χ4v) is 1.48. The Morgan fingerprint density at radius 3 is 2.43 bits per heavy atom. The number of unbranched alkanes of at least 4 members (excludes halogenated alkanes) is 3. The summed E-state index contributed by atoms with van der Waals surface area (Å²) >= 11 is 0. The third kappa shape index (κ3) is 2.40. The maximum atomic E-state index is 11.2. The fourth-order valence-electron chi connectivity index (χ4n) is 1.48. The van der Waals surface area contributed by atoms with Crippen LogP contribution < -0.4 is 0 Å². The van der Waals surface area contributed by atoms with Gasteiger partial charge in [-0.15, -0.1) is 0 Å². The van der Waals surface area contributed by atoms with Crippen LogP contribution in [-0.4, -0.2) is 29.1 Å². The summed E-state index contributed by atoms with van der Waals surface area (Å²) in [4.78, 5) is 27.2. The van der Waals surface area contributed by atoms with Crippen LogP contribution in [0.2, 0.25) is 0 Å². The molecule has 0 aromatic heterocycles. The number of amides is 2. The van der Waals surface area contributed by atoms with Gasteiger partial charge in [0.15, 0.2) is 0 Å². The summed E-state index contributed by atoms with van der Waals surface area (Å²) in [5.74, 6) is -0.562. The van der Waals surface area contributed by atoms with Crippen molar-refractivity contribution in [3.8, 4) is 0 Å². The summed E-state index contributed by atoms with van der Waals surface area (Å²) in [6.07, 6.45) is 4.38. The normalized spacial score (nSPS) is 16.4. The maximum absolute atomic E-state index is 11.2. The third-order valence-corrected chi connectivity index (χ3v) is 2.32. The number of amidine groups is 1. The van der Waals surface area contributed by atoms with Gasteiger partial charge in [-0.1, -0.05) is 26.2 Å². The van der Waals surface area contributed by atoms with Crippen LogP contribution in [0.15, 0.2) is 4.99 Å². The molecule has 1 aliphatic heterocycles. The van der Waals surface area contributed by atoms with Crippen molar-refractivity contribution in [1.82, 2.24) is 4.90 Å². The molecule has 2 amide bonds. The molecule has 0 atom stereocenters. The smallest absolute Gasteiger partial charge is 0.292 e. The van der Waals surface area contributed by atoms with E-state index in [2.05, 4.69) is 11.9 Å². The minimum atomic E-state index is -0.627. The quantitative estimate of drug-likeness (QED) is 0.492. The molecule has 0 fully saturated rings. The van der Waals surface area contributed by atoms with Gasteiger partial charge in [0.25, 0.3) is 0 Å². The zero-order chi connectivity index (χ0) is 10.6. The molecule has 1 aliphatic rings. The van der Waals surface area contributed by atoms with Gasteiger partial charge in [0.2, 0.25) is 0 Å². The first-order valence-electron chi connectivity index (χ1n) is 5.08. The molecule has 0 aliphatic carbocycles. The van der Waals surface area contributed by atoms with E-state index in [1.54, 1.807) is 6.92 Å². The van der Waals surface area contributed by atoms with Gasteiger partial charge in [0.05, 0.1) is 0 Å². The molecule has 1 heterocycles. The highest BCUT2D eigenvalue weighted by Crippen LogP contribution is 2.08. The Morgan fingerprint density at radius 1 is 1.21 bits per heavy atom. The number of hydrogen-bond acceptors (Lipinski definition) is 2. The predicted octanol–water partition coefficient (Wildman–Crippen LogP) is 1.35. The average molecular weight is 196 g/mol. The highest BCUT2D eigenvalue weighted by molar-refractivity contribution is 6.43. The Balaban J connectivity index is 2.35. The predicted molar refractivity (Wildman–Crippen MR) is 54.0 cm³/mol. The standard InChI is InChI=1S/C10H16N2O2/c1-3-4-5-6-7-12-8(2)11-9(13)10(12)14/h3-7H2,1-2H3. The lowest BCUT2D eigenvalue weighted by atomic mass is 10.2. The lowest BCUT2D eigenvalue weighted by Gasteiger charge is -2.14. The molecule has 0 saturated carbocycles. The SMILES string of the molecule is CCCCCCN1C(=O)C(=O)N=C1C. The summed E-state index contributed by atoms with van der Waals surface area (Å²) in [7, 11) is 0. The molecular weight excluding hydrogens is 180 g/mol. The number of carbonyl (C=O) groups excluding carboxylic acids is 2. The van der Waals surface area contributed by atoms with Gasteiger partial charge in [-0.3, -0.25) is 14.5 Å².